The highest BCUT2D eigenvalue weighted by Crippen LogP contribution is 2.21. The molecule has 0 bridgehead atoms. The zero-order valence-electron chi connectivity index (χ0n) is 14.3. The number of hydrogen-bond donors (Lipinski definition) is 0. The van der Waals surface area contributed by atoms with Crippen LogP contribution in [0.15, 0.2) is 34.9 Å². The molecule has 10 heteroatoms. The Morgan fingerprint density at radius 1 is 1.27 bits per heavy atom. The predicted molar refractivity (Wildman–Crippen MR) is 87.3 cm³/mol. The zero-order chi connectivity index (χ0) is 18.4. The summed E-state index contributed by atoms with van der Waals surface area (Å²) in [6.07, 6.45) is 0. The summed E-state index contributed by atoms with van der Waals surface area (Å²) in [5, 5.41) is 15.4. The monoisotopic (exact) mass is 359 g/mol. The van der Waals surface area contributed by atoms with Crippen LogP contribution in [0.25, 0.3) is 11.6 Å². The number of hydrogen-bond acceptors (Lipinski definition) is 9. The lowest BCUT2D eigenvalue weighted by Gasteiger charge is -2.03. The van der Waals surface area contributed by atoms with Crippen LogP contribution in [-0.2, 0) is 22.7 Å². The first-order chi connectivity index (χ1) is 12.7. The Kier molecular flexibility index (Phi) is 5.42. The maximum absolute atomic E-state index is 11.4. The fourth-order valence-electron chi connectivity index (χ4n) is 2.04. The molecular formula is C16H17N5O5. The summed E-state index contributed by atoms with van der Waals surface area (Å²) in [7, 11) is 1.61. The minimum atomic E-state index is -0.447. The Labute approximate surface area is 148 Å². The van der Waals surface area contributed by atoms with Crippen LogP contribution in [-0.4, -0.2) is 45.0 Å². The van der Waals surface area contributed by atoms with Crippen LogP contribution in [0.4, 0.5) is 0 Å². The molecule has 0 aliphatic heterocycles. The van der Waals surface area contributed by atoms with Crippen LogP contribution in [0, 0.1) is 0 Å². The van der Waals surface area contributed by atoms with Gasteiger partial charge in [0.05, 0.1) is 19.8 Å². The minimum Gasteiger partial charge on any atom is -0.497 e. The van der Waals surface area contributed by atoms with E-state index in [2.05, 4.69) is 20.6 Å². The second-order valence-electron chi connectivity index (χ2n) is 5.11. The maximum atomic E-state index is 11.4. The van der Waals surface area contributed by atoms with Crippen molar-refractivity contribution in [1.29, 1.82) is 0 Å². The smallest absolute Gasteiger partial charge is 0.329 e. The van der Waals surface area contributed by atoms with Gasteiger partial charge in [-0.15, -0.1) is 10.2 Å². The molecule has 0 fully saturated rings. The molecule has 10 nitrogen and oxygen atoms in total. The van der Waals surface area contributed by atoms with Gasteiger partial charge in [-0.2, -0.15) is 4.80 Å². The molecule has 0 saturated heterocycles. The van der Waals surface area contributed by atoms with Gasteiger partial charge in [0.1, 0.15) is 12.4 Å². The summed E-state index contributed by atoms with van der Waals surface area (Å²) >= 11 is 0. The summed E-state index contributed by atoms with van der Waals surface area (Å²) in [5.41, 5.74) is 0.953. The van der Waals surface area contributed by atoms with E-state index in [1.165, 1.54) is 0 Å². The molecule has 3 rings (SSSR count). The van der Waals surface area contributed by atoms with Crippen molar-refractivity contribution < 1.29 is 23.5 Å². The Morgan fingerprint density at radius 3 is 2.81 bits per heavy atom. The molecule has 0 saturated carbocycles. The van der Waals surface area contributed by atoms with Crippen LogP contribution in [0.2, 0.25) is 0 Å². The highest BCUT2D eigenvalue weighted by molar-refractivity contribution is 5.68. The number of ether oxygens (including phenoxy) is 3. The van der Waals surface area contributed by atoms with E-state index in [1.807, 2.05) is 24.3 Å². The topological polar surface area (TPSA) is 114 Å². The van der Waals surface area contributed by atoms with E-state index in [1.54, 1.807) is 20.1 Å². The summed E-state index contributed by atoms with van der Waals surface area (Å²) in [6, 6.07) is 9.03. The van der Waals surface area contributed by atoms with Crippen molar-refractivity contribution in [2.24, 2.45) is 0 Å². The second-order valence-corrected chi connectivity index (χ2v) is 5.11. The first-order valence-corrected chi connectivity index (χ1v) is 7.84. The first-order valence-electron chi connectivity index (χ1n) is 7.84. The fourth-order valence-corrected chi connectivity index (χ4v) is 2.04. The van der Waals surface area contributed by atoms with Crippen LogP contribution >= 0.6 is 0 Å². The molecule has 136 valence electrons. The molecule has 1 aromatic carbocycles. The van der Waals surface area contributed by atoms with Crippen LogP contribution < -0.4 is 9.47 Å². The summed E-state index contributed by atoms with van der Waals surface area (Å²) in [4.78, 5) is 12.5. The SMILES string of the molecule is CCOC(=O)Cn1nnc(-c2cc(OCc3ccc(OC)cc3)no2)n1. The molecule has 3 aromatic rings. The van der Waals surface area contributed by atoms with Crippen molar-refractivity contribution in [3.05, 3.63) is 35.9 Å². The molecule has 2 aromatic heterocycles. The predicted octanol–water partition coefficient (Wildman–Crippen LogP) is 1.48. The molecule has 26 heavy (non-hydrogen) atoms. The third kappa shape index (κ3) is 4.35. The number of esters is 1. The molecule has 0 N–H and O–H groups in total. The van der Waals surface area contributed by atoms with Gasteiger partial charge < -0.3 is 18.7 Å². The largest absolute Gasteiger partial charge is 0.497 e. The molecular weight excluding hydrogens is 342 g/mol. The average Bonchev–Trinajstić information content (AvgIpc) is 3.30. The van der Waals surface area contributed by atoms with Gasteiger partial charge in [-0.05, 0) is 35.0 Å². The van der Waals surface area contributed by atoms with E-state index in [0.717, 1.165) is 16.1 Å². The normalized spacial score (nSPS) is 10.5. The number of methoxy groups -OCH3 is 1. The number of tetrazole rings is 1. The van der Waals surface area contributed by atoms with E-state index in [4.69, 9.17) is 18.7 Å². The highest BCUT2D eigenvalue weighted by atomic mass is 16.5. The Bertz CT molecular complexity index is 858. The van der Waals surface area contributed by atoms with E-state index >= 15 is 0 Å². The molecule has 0 aliphatic rings. The lowest BCUT2D eigenvalue weighted by molar-refractivity contribution is -0.144. The van der Waals surface area contributed by atoms with E-state index in [9.17, 15) is 4.79 Å². The molecule has 0 atom stereocenters. The standard InChI is InChI=1S/C16H17N5O5/c1-3-24-15(22)9-21-18-16(17-20-21)13-8-14(19-26-13)25-10-11-4-6-12(23-2)7-5-11/h4-8H,3,9-10H2,1-2H3. The maximum Gasteiger partial charge on any atom is 0.329 e. The van der Waals surface area contributed by atoms with E-state index in [0.29, 0.717) is 6.61 Å². The molecule has 0 amide bonds. The summed E-state index contributed by atoms with van der Waals surface area (Å²) in [6.45, 7) is 2.20. The van der Waals surface area contributed by atoms with Crippen molar-refractivity contribution >= 4 is 5.97 Å². The number of carbonyl (C=O) groups is 1. The second kappa shape index (κ2) is 8.10. The van der Waals surface area contributed by atoms with Gasteiger partial charge in [0, 0.05) is 0 Å². The highest BCUT2D eigenvalue weighted by Gasteiger charge is 2.15. The van der Waals surface area contributed by atoms with Crippen molar-refractivity contribution in [1.82, 2.24) is 25.4 Å². The first kappa shape index (κ1) is 17.4. The van der Waals surface area contributed by atoms with Gasteiger partial charge in [0.2, 0.25) is 11.6 Å². The molecule has 0 aliphatic carbocycles. The molecule has 0 spiro atoms. The zero-order valence-corrected chi connectivity index (χ0v) is 14.3. The molecule has 2 heterocycles. The number of aromatic nitrogens is 5. The number of carbonyl (C=O) groups excluding carboxylic acids is 1. The van der Waals surface area contributed by atoms with Crippen LogP contribution in [0.5, 0.6) is 11.6 Å². The summed E-state index contributed by atoms with van der Waals surface area (Å²) in [5.74, 6) is 1.09. The molecule has 0 radical (unpaired) electrons. The number of rotatable bonds is 8. The van der Waals surface area contributed by atoms with Gasteiger partial charge in [0.25, 0.3) is 5.88 Å². The molecule has 0 unspecified atom stereocenters. The van der Waals surface area contributed by atoms with Gasteiger partial charge in [-0.25, -0.2) is 4.79 Å². The Hall–Kier alpha value is -3.43. The van der Waals surface area contributed by atoms with Gasteiger partial charge in [0.15, 0.2) is 6.54 Å². The summed E-state index contributed by atoms with van der Waals surface area (Å²) < 4.78 is 20.6. The van der Waals surface area contributed by atoms with Gasteiger partial charge in [-0.1, -0.05) is 12.1 Å². The minimum absolute atomic E-state index is 0.129. The quantitative estimate of drug-likeness (QED) is 0.551. The van der Waals surface area contributed by atoms with Gasteiger partial charge in [-0.3, -0.25) is 0 Å². The lowest BCUT2D eigenvalue weighted by Crippen LogP contribution is -2.15. The van der Waals surface area contributed by atoms with Crippen molar-refractivity contribution in [3.8, 4) is 23.2 Å². The van der Waals surface area contributed by atoms with E-state index in [-0.39, 0.29) is 30.6 Å². The van der Waals surface area contributed by atoms with E-state index < -0.39 is 5.97 Å². The van der Waals surface area contributed by atoms with Crippen molar-refractivity contribution in [3.63, 3.8) is 0 Å². The van der Waals surface area contributed by atoms with Gasteiger partial charge >= 0.3 is 5.97 Å². The Morgan fingerprint density at radius 2 is 2.08 bits per heavy atom. The fraction of sp³-hybridized carbons (Fsp3) is 0.312. The third-order valence-corrected chi connectivity index (χ3v) is 3.28. The van der Waals surface area contributed by atoms with Crippen LogP contribution in [0.1, 0.15) is 12.5 Å². The van der Waals surface area contributed by atoms with Crippen molar-refractivity contribution in [2.45, 2.75) is 20.1 Å². The van der Waals surface area contributed by atoms with Crippen LogP contribution in [0.3, 0.4) is 0 Å². The average molecular weight is 359 g/mol. The Balaban J connectivity index is 1.59. The number of benzene rings is 1. The third-order valence-electron chi connectivity index (χ3n) is 3.28. The lowest BCUT2D eigenvalue weighted by atomic mass is 10.2. The van der Waals surface area contributed by atoms with Crippen molar-refractivity contribution in [2.75, 3.05) is 13.7 Å². The number of nitrogens with zero attached hydrogens (tertiary/aromatic N) is 5.